The summed E-state index contributed by atoms with van der Waals surface area (Å²) < 4.78 is 81.9. The SMILES string of the molecule is CC(F)(F)Cn1ncc2cnc(O[C@H]3CN(c4cc(-c5cn(COP(=O)(O)O)c(=O)[nH]c5=O)nn5ccnc45)CC3(F)F)cc21. The Hall–Kier alpha value is -4.65. The lowest BCUT2D eigenvalue weighted by Crippen LogP contribution is -2.36. The number of nitrogens with zero attached hydrogens (tertiary/aromatic N) is 8. The second-order valence-electron chi connectivity index (χ2n) is 10.3. The molecule has 0 aliphatic carbocycles. The average Bonchev–Trinajstić information content (AvgIpc) is 3.63. The third kappa shape index (κ3) is 6.30. The van der Waals surface area contributed by atoms with E-state index in [1.54, 1.807) is 0 Å². The van der Waals surface area contributed by atoms with Crippen LogP contribution in [0.25, 0.3) is 27.8 Å². The maximum Gasteiger partial charge on any atom is 0.471 e. The highest BCUT2D eigenvalue weighted by atomic mass is 31.2. The number of aromatic amines is 1. The standard InChI is InChI=1S/C24H22F4N9O7P/c1-23(25,26)10-37-16-5-19(30-6-13(16)7-31-37)44-18-9-34(11-24(18,27)28)17-4-15(33-36-3-2-29-20(17)36)14-8-35(12-43-45(40,41)42)22(39)32-21(14)38/h2-8,18H,9-12H2,1H3,(H,32,38,39)(H2,40,41,42)/t18-/m0/s1. The predicted molar refractivity (Wildman–Crippen MR) is 146 cm³/mol. The van der Waals surface area contributed by atoms with E-state index in [2.05, 4.69) is 24.7 Å². The molecule has 0 unspecified atom stereocenters. The largest absolute Gasteiger partial charge is 0.471 e. The van der Waals surface area contributed by atoms with Crippen LogP contribution in [0.4, 0.5) is 23.2 Å². The van der Waals surface area contributed by atoms with Crippen molar-refractivity contribution in [2.24, 2.45) is 0 Å². The van der Waals surface area contributed by atoms with Gasteiger partial charge in [-0.3, -0.25) is 23.6 Å². The van der Waals surface area contributed by atoms with Gasteiger partial charge in [0.15, 0.2) is 11.8 Å². The summed E-state index contributed by atoms with van der Waals surface area (Å²) in [6, 6.07) is 2.54. The van der Waals surface area contributed by atoms with Crippen LogP contribution in [0.5, 0.6) is 5.88 Å². The van der Waals surface area contributed by atoms with E-state index >= 15 is 8.78 Å². The number of hydrogen-bond donors (Lipinski definition) is 3. The predicted octanol–water partition coefficient (Wildman–Crippen LogP) is 1.62. The third-order valence-corrected chi connectivity index (χ3v) is 7.23. The molecule has 6 heterocycles. The smallest absolute Gasteiger partial charge is 0.466 e. The molecule has 45 heavy (non-hydrogen) atoms. The van der Waals surface area contributed by atoms with E-state index in [9.17, 15) is 22.9 Å². The molecule has 16 nitrogen and oxygen atoms in total. The van der Waals surface area contributed by atoms with Crippen molar-refractivity contribution in [3.63, 3.8) is 0 Å². The van der Waals surface area contributed by atoms with Crippen LogP contribution in [0.1, 0.15) is 6.92 Å². The molecule has 0 amide bonds. The van der Waals surface area contributed by atoms with E-state index in [1.807, 2.05) is 4.98 Å². The van der Waals surface area contributed by atoms with E-state index in [0.717, 1.165) is 17.8 Å². The minimum absolute atomic E-state index is 0.0949. The van der Waals surface area contributed by atoms with E-state index in [1.165, 1.54) is 46.3 Å². The van der Waals surface area contributed by atoms with E-state index in [-0.39, 0.29) is 34.0 Å². The summed E-state index contributed by atoms with van der Waals surface area (Å²) in [4.78, 5) is 54.3. The molecule has 0 bridgehead atoms. The molecular formula is C24H22F4N9O7P. The van der Waals surface area contributed by atoms with Crippen molar-refractivity contribution in [3.05, 3.63) is 64.0 Å². The summed E-state index contributed by atoms with van der Waals surface area (Å²) in [5.74, 6) is -6.75. The van der Waals surface area contributed by atoms with Gasteiger partial charge in [0, 0.05) is 43.2 Å². The van der Waals surface area contributed by atoms with Crippen molar-refractivity contribution in [3.8, 4) is 17.1 Å². The Balaban J connectivity index is 1.32. The second kappa shape index (κ2) is 10.8. The Bertz CT molecular complexity index is 2090. The van der Waals surface area contributed by atoms with Crippen LogP contribution in [0.15, 0.2) is 52.7 Å². The number of H-pyrrole nitrogens is 1. The van der Waals surface area contributed by atoms with Gasteiger partial charge >= 0.3 is 19.4 Å². The third-order valence-electron chi connectivity index (χ3n) is 6.78. The van der Waals surface area contributed by atoms with Crippen molar-refractivity contribution in [1.82, 2.24) is 38.9 Å². The molecule has 0 saturated carbocycles. The Labute approximate surface area is 247 Å². The first-order chi connectivity index (χ1) is 21.1. The van der Waals surface area contributed by atoms with Gasteiger partial charge in [0.25, 0.3) is 11.5 Å². The van der Waals surface area contributed by atoms with Crippen LogP contribution in [-0.2, 0) is 22.4 Å². The van der Waals surface area contributed by atoms with Gasteiger partial charge in [-0.1, -0.05) is 0 Å². The van der Waals surface area contributed by atoms with Crippen molar-refractivity contribution < 1.29 is 41.2 Å². The molecule has 1 saturated heterocycles. The molecular weight excluding hydrogens is 633 g/mol. The molecule has 21 heteroatoms. The van der Waals surface area contributed by atoms with Crippen molar-refractivity contribution in [2.45, 2.75) is 38.1 Å². The van der Waals surface area contributed by atoms with Crippen LogP contribution in [0.2, 0.25) is 0 Å². The van der Waals surface area contributed by atoms with E-state index in [0.29, 0.717) is 9.95 Å². The molecule has 3 N–H and O–H groups in total. The zero-order valence-electron chi connectivity index (χ0n) is 22.9. The van der Waals surface area contributed by atoms with Crippen LogP contribution in [-0.4, -0.2) is 79.7 Å². The number of aromatic nitrogens is 8. The highest BCUT2D eigenvalue weighted by Gasteiger charge is 2.51. The van der Waals surface area contributed by atoms with Crippen LogP contribution >= 0.6 is 7.82 Å². The fourth-order valence-corrected chi connectivity index (χ4v) is 5.08. The molecule has 6 rings (SSSR count). The van der Waals surface area contributed by atoms with Crippen molar-refractivity contribution in [2.75, 3.05) is 18.0 Å². The van der Waals surface area contributed by atoms with Crippen LogP contribution in [0.3, 0.4) is 0 Å². The summed E-state index contributed by atoms with van der Waals surface area (Å²) in [5, 5.41) is 8.59. The molecule has 1 aliphatic rings. The number of alkyl halides is 4. The maximum absolute atomic E-state index is 15.4. The number of fused-ring (bicyclic) bond motifs is 2. The molecule has 5 aromatic heterocycles. The molecule has 238 valence electrons. The first-order valence-corrected chi connectivity index (χ1v) is 14.5. The molecule has 1 aliphatic heterocycles. The number of anilines is 1. The van der Waals surface area contributed by atoms with Crippen LogP contribution < -0.4 is 20.9 Å². The van der Waals surface area contributed by atoms with Crippen LogP contribution in [0, 0.1) is 0 Å². The first kappa shape index (κ1) is 30.4. The van der Waals surface area contributed by atoms with Gasteiger partial charge in [0.05, 0.1) is 36.1 Å². The minimum atomic E-state index is -4.97. The number of halogens is 4. The monoisotopic (exact) mass is 655 g/mol. The number of imidazole rings is 1. The molecule has 0 radical (unpaired) electrons. The highest BCUT2D eigenvalue weighted by molar-refractivity contribution is 7.46. The number of rotatable bonds is 9. The van der Waals surface area contributed by atoms with Gasteiger partial charge < -0.3 is 19.4 Å². The Kier molecular flexibility index (Phi) is 7.26. The van der Waals surface area contributed by atoms with E-state index < -0.39 is 63.4 Å². The maximum atomic E-state index is 15.4. The zero-order chi connectivity index (χ0) is 32.3. The fourth-order valence-electron chi connectivity index (χ4n) is 4.80. The molecule has 1 fully saturated rings. The van der Waals surface area contributed by atoms with Gasteiger partial charge in [0.1, 0.15) is 19.0 Å². The number of hydrogen-bond acceptors (Lipinski definition) is 10. The zero-order valence-corrected chi connectivity index (χ0v) is 23.8. The summed E-state index contributed by atoms with van der Waals surface area (Å²) in [5.41, 5.74) is -1.80. The number of ether oxygens (including phenoxy) is 1. The van der Waals surface area contributed by atoms with Gasteiger partial charge in [-0.05, 0) is 6.07 Å². The average molecular weight is 655 g/mol. The quantitative estimate of drug-likeness (QED) is 0.154. The topological polar surface area (TPSA) is 195 Å². The molecule has 5 aromatic rings. The Morgan fingerprint density at radius 2 is 1.98 bits per heavy atom. The van der Waals surface area contributed by atoms with Gasteiger partial charge in [-0.15, -0.1) is 0 Å². The lowest BCUT2D eigenvalue weighted by atomic mass is 10.2. The summed E-state index contributed by atoms with van der Waals surface area (Å²) in [7, 11) is -4.97. The number of nitrogens with one attached hydrogen (secondary N) is 1. The van der Waals surface area contributed by atoms with Crippen molar-refractivity contribution >= 4 is 30.1 Å². The Morgan fingerprint density at radius 3 is 2.71 bits per heavy atom. The first-order valence-electron chi connectivity index (χ1n) is 12.9. The summed E-state index contributed by atoms with van der Waals surface area (Å²) in [6.45, 7) is -2.17. The van der Waals surface area contributed by atoms with Crippen molar-refractivity contribution in [1.29, 1.82) is 0 Å². The minimum Gasteiger partial charge on any atom is -0.466 e. The number of pyridine rings is 1. The lowest BCUT2D eigenvalue weighted by molar-refractivity contribution is -0.0608. The summed E-state index contributed by atoms with van der Waals surface area (Å²) in [6.07, 6.45) is 4.55. The Morgan fingerprint density at radius 1 is 1.20 bits per heavy atom. The number of phosphoric ester groups is 1. The van der Waals surface area contributed by atoms with E-state index in [4.69, 9.17) is 14.5 Å². The summed E-state index contributed by atoms with van der Waals surface area (Å²) >= 11 is 0. The fraction of sp³-hybridized carbons (Fsp3) is 0.333. The second-order valence-corrected chi connectivity index (χ2v) is 11.6. The van der Waals surface area contributed by atoms with Gasteiger partial charge in [-0.25, -0.2) is 41.4 Å². The molecule has 1 atom stereocenters. The van der Waals surface area contributed by atoms with Gasteiger partial charge in [-0.2, -0.15) is 10.2 Å². The molecule has 0 spiro atoms. The lowest BCUT2D eigenvalue weighted by Gasteiger charge is -2.19. The van der Waals surface area contributed by atoms with Gasteiger partial charge in [0.2, 0.25) is 5.88 Å². The number of phosphoric acid groups is 1. The molecule has 0 aromatic carbocycles. The normalized spacial score (nSPS) is 17.0. The highest BCUT2D eigenvalue weighted by Crippen LogP contribution is 2.37.